The van der Waals surface area contributed by atoms with Crippen molar-refractivity contribution in [2.45, 2.75) is 33.2 Å². The summed E-state index contributed by atoms with van der Waals surface area (Å²) < 4.78 is 1.87. The zero-order chi connectivity index (χ0) is 12.9. The fraction of sp³-hybridized carbons (Fsp3) is 0.615. The van der Waals surface area contributed by atoms with Crippen LogP contribution in [0.2, 0.25) is 0 Å². The Morgan fingerprint density at radius 1 is 1.41 bits per heavy atom. The van der Waals surface area contributed by atoms with Crippen molar-refractivity contribution < 1.29 is 9.90 Å². The number of rotatable bonds is 6. The minimum Gasteiger partial charge on any atom is -0.396 e. The monoisotopic (exact) mass is 238 g/mol. The normalized spacial score (nSPS) is 13.4. The van der Waals surface area contributed by atoms with Crippen molar-refractivity contribution in [2.24, 2.45) is 5.41 Å². The molecule has 0 radical (unpaired) electrons. The van der Waals surface area contributed by atoms with Gasteiger partial charge in [-0.15, -0.1) is 0 Å². The van der Waals surface area contributed by atoms with Crippen molar-refractivity contribution in [1.29, 1.82) is 0 Å². The second kappa shape index (κ2) is 5.87. The van der Waals surface area contributed by atoms with Crippen molar-refractivity contribution in [3.8, 4) is 0 Å². The van der Waals surface area contributed by atoms with Gasteiger partial charge >= 0.3 is 0 Å². The van der Waals surface area contributed by atoms with Crippen LogP contribution in [0.25, 0.3) is 0 Å². The van der Waals surface area contributed by atoms with Gasteiger partial charge in [-0.25, -0.2) is 0 Å². The van der Waals surface area contributed by atoms with E-state index in [0.29, 0.717) is 13.0 Å². The third kappa shape index (κ3) is 4.23. The zero-order valence-electron chi connectivity index (χ0n) is 10.8. The van der Waals surface area contributed by atoms with Crippen LogP contribution in [0.15, 0.2) is 24.5 Å². The lowest BCUT2D eigenvalue weighted by atomic mass is 9.89. The van der Waals surface area contributed by atoms with Crippen LogP contribution < -0.4 is 5.32 Å². The highest BCUT2D eigenvalue weighted by Crippen LogP contribution is 2.18. The molecule has 0 aliphatic rings. The molecule has 0 saturated carbocycles. The van der Waals surface area contributed by atoms with E-state index < -0.39 is 0 Å². The fourth-order valence-corrected chi connectivity index (χ4v) is 1.61. The van der Waals surface area contributed by atoms with Gasteiger partial charge in [-0.1, -0.05) is 13.8 Å². The molecule has 0 spiro atoms. The van der Waals surface area contributed by atoms with E-state index in [1.807, 2.05) is 49.9 Å². The van der Waals surface area contributed by atoms with Gasteiger partial charge in [-0.2, -0.15) is 0 Å². The molecule has 0 aliphatic carbocycles. The van der Waals surface area contributed by atoms with Crippen LogP contribution >= 0.6 is 0 Å². The first-order chi connectivity index (χ1) is 7.96. The van der Waals surface area contributed by atoms with Crippen LogP contribution in [-0.2, 0) is 4.79 Å². The summed E-state index contributed by atoms with van der Waals surface area (Å²) >= 11 is 0. The summed E-state index contributed by atoms with van der Waals surface area (Å²) in [5.74, 6) is 0.00668. The van der Waals surface area contributed by atoms with Crippen molar-refractivity contribution >= 4 is 5.91 Å². The lowest BCUT2D eigenvalue weighted by Gasteiger charge is -2.25. The highest BCUT2D eigenvalue weighted by Gasteiger charge is 2.20. The molecule has 0 bridgehead atoms. The van der Waals surface area contributed by atoms with Gasteiger partial charge in [0.2, 0.25) is 5.91 Å². The first-order valence-electron chi connectivity index (χ1n) is 5.97. The van der Waals surface area contributed by atoms with Gasteiger partial charge in [0.25, 0.3) is 0 Å². The summed E-state index contributed by atoms with van der Waals surface area (Å²) in [6.07, 6.45) is 4.44. The summed E-state index contributed by atoms with van der Waals surface area (Å²) in [5, 5.41) is 11.8. The minimum absolute atomic E-state index is 0.00668. The second-order valence-corrected chi connectivity index (χ2v) is 5.16. The number of nitrogens with zero attached hydrogens (tertiary/aromatic N) is 1. The Kier molecular flexibility index (Phi) is 4.75. The Hall–Kier alpha value is -1.29. The molecular weight excluding hydrogens is 216 g/mol. The SMILES string of the molecule is CC(C(=O)NCC(C)(C)CCO)n1cccc1. The number of nitrogens with one attached hydrogen (secondary N) is 1. The van der Waals surface area contributed by atoms with E-state index in [0.717, 1.165) is 0 Å². The van der Waals surface area contributed by atoms with Gasteiger partial charge in [0.05, 0.1) is 0 Å². The quantitative estimate of drug-likeness (QED) is 0.790. The van der Waals surface area contributed by atoms with Crippen LogP contribution in [0.3, 0.4) is 0 Å². The third-order valence-electron chi connectivity index (χ3n) is 2.98. The average molecular weight is 238 g/mol. The predicted molar refractivity (Wildman–Crippen MR) is 67.6 cm³/mol. The highest BCUT2D eigenvalue weighted by atomic mass is 16.3. The summed E-state index contributed by atoms with van der Waals surface area (Å²) in [6.45, 7) is 6.66. The summed E-state index contributed by atoms with van der Waals surface area (Å²) in [7, 11) is 0. The molecule has 1 atom stereocenters. The molecule has 1 amide bonds. The number of hydrogen-bond donors (Lipinski definition) is 2. The number of carbonyl (C=O) groups is 1. The molecule has 0 fully saturated rings. The molecule has 1 aromatic rings. The zero-order valence-corrected chi connectivity index (χ0v) is 10.8. The van der Waals surface area contributed by atoms with Gasteiger partial charge in [-0.05, 0) is 30.9 Å². The number of carbonyl (C=O) groups excluding carboxylic acids is 1. The Morgan fingerprint density at radius 3 is 2.53 bits per heavy atom. The van der Waals surface area contributed by atoms with E-state index in [1.54, 1.807) is 0 Å². The highest BCUT2D eigenvalue weighted by molar-refractivity contribution is 5.79. The van der Waals surface area contributed by atoms with E-state index in [1.165, 1.54) is 0 Å². The van der Waals surface area contributed by atoms with Crippen molar-refractivity contribution in [3.05, 3.63) is 24.5 Å². The van der Waals surface area contributed by atoms with E-state index in [9.17, 15) is 4.79 Å². The lowest BCUT2D eigenvalue weighted by molar-refractivity contribution is -0.124. The van der Waals surface area contributed by atoms with Crippen molar-refractivity contribution in [1.82, 2.24) is 9.88 Å². The van der Waals surface area contributed by atoms with Crippen molar-refractivity contribution in [2.75, 3.05) is 13.2 Å². The van der Waals surface area contributed by atoms with E-state index >= 15 is 0 Å². The topological polar surface area (TPSA) is 54.3 Å². The maximum absolute atomic E-state index is 11.9. The lowest BCUT2D eigenvalue weighted by Crippen LogP contribution is -2.37. The molecule has 0 aliphatic heterocycles. The molecule has 0 aromatic carbocycles. The number of hydrogen-bond acceptors (Lipinski definition) is 2. The second-order valence-electron chi connectivity index (χ2n) is 5.16. The number of aromatic nitrogens is 1. The van der Waals surface area contributed by atoms with Gasteiger partial charge < -0.3 is 15.0 Å². The Labute approximate surface area is 103 Å². The molecule has 1 aromatic heterocycles. The molecule has 96 valence electrons. The van der Waals surface area contributed by atoms with Gasteiger partial charge in [0, 0.05) is 25.5 Å². The van der Waals surface area contributed by atoms with Gasteiger partial charge in [0.15, 0.2) is 0 Å². The van der Waals surface area contributed by atoms with Gasteiger partial charge in [-0.3, -0.25) is 4.79 Å². The van der Waals surface area contributed by atoms with Crippen LogP contribution in [0.5, 0.6) is 0 Å². The Bertz CT molecular complexity index is 344. The maximum atomic E-state index is 11.9. The predicted octanol–water partition coefficient (Wildman–Crippen LogP) is 1.57. The van der Waals surface area contributed by atoms with Crippen LogP contribution in [0.4, 0.5) is 0 Å². The molecule has 1 unspecified atom stereocenters. The molecule has 17 heavy (non-hydrogen) atoms. The molecule has 2 N–H and O–H groups in total. The summed E-state index contributed by atoms with van der Waals surface area (Å²) in [6, 6.07) is 3.61. The van der Waals surface area contributed by atoms with Crippen LogP contribution in [0.1, 0.15) is 33.2 Å². The van der Waals surface area contributed by atoms with Crippen LogP contribution in [-0.4, -0.2) is 28.7 Å². The fourth-order valence-electron chi connectivity index (χ4n) is 1.61. The van der Waals surface area contributed by atoms with E-state index in [2.05, 4.69) is 5.32 Å². The summed E-state index contributed by atoms with van der Waals surface area (Å²) in [4.78, 5) is 11.9. The van der Waals surface area contributed by atoms with Gasteiger partial charge in [0.1, 0.15) is 6.04 Å². The Balaban J connectivity index is 2.45. The molecular formula is C13H22N2O2. The molecule has 1 heterocycles. The average Bonchev–Trinajstić information content (AvgIpc) is 2.78. The number of aliphatic hydroxyl groups excluding tert-OH is 1. The first-order valence-corrected chi connectivity index (χ1v) is 5.97. The smallest absolute Gasteiger partial charge is 0.242 e. The van der Waals surface area contributed by atoms with Crippen molar-refractivity contribution in [3.63, 3.8) is 0 Å². The maximum Gasteiger partial charge on any atom is 0.242 e. The molecule has 4 nitrogen and oxygen atoms in total. The first kappa shape index (κ1) is 13.8. The van der Waals surface area contributed by atoms with Crippen LogP contribution in [0, 0.1) is 5.41 Å². The Morgan fingerprint density at radius 2 is 2.00 bits per heavy atom. The minimum atomic E-state index is -0.199. The largest absolute Gasteiger partial charge is 0.396 e. The number of aliphatic hydroxyl groups is 1. The van der Waals surface area contributed by atoms with E-state index in [-0.39, 0.29) is 24.0 Å². The summed E-state index contributed by atoms with van der Waals surface area (Å²) in [5.41, 5.74) is -0.0686. The number of amides is 1. The third-order valence-corrected chi connectivity index (χ3v) is 2.98. The molecule has 4 heteroatoms. The van der Waals surface area contributed by atoms with E-state index in [4.69, 9.17) is 5.11 Å². The standard InChI is InChI=1S/C13H22N2O2/c1-11(15-7-4-5-8-15)12(17)14-10-13(2,3)6-9-16/h4-5,7-8,11,16H,6,9-10H2,1-3H3,(H,14,17). The molecule has 1 rings (SSSR count). The molecule has 0 saturated heterocycles.